The number of amides is 1. The molecule has 7 nitrogen and oxygen atoms in total. The maximum Gasteiger partial charge on any atom is 0.255 e. The van der Waals surface area contributed by atoms with Crippen molar-refractivity contribution in [2.45, 2.75) is 84.1 Å². The molecule has 0 aliphatic carbocycles. The molecule has 1 amide bonds. The third-order valence-electron chi connectivity index (χ3n) is 6.88. The summed E-state index contributed by atoms with van der Waals surface area (Å²) >= 11 is 0. The Bertz CT molecular complexity index is 1070. The zero-order valence-electron chi connectivity index (χ0n) is 21.8. The molecule has 0 aliphatic heterocycles. The van der Waals surface area contributed by atoms with Gasteiger partial charge in [0.2, 0.25) is 0 Å². The zero-order valence-corrected chi connectivity index (χ0v) is 21.8. The highest BCUT2D eigenvalue weighted by atomic mass is 16.3. The molecule has 0 aliphatic rings. The quantitative estimate of drug-likeness (QED) is 0.210. The summed E-state index contributed by atoms with van der Waals surface area (Å²) in [5.41, 5.74) is 7.87. The summed E-state index contributed by atoms with van der Waals surface area (Å²) in [6, 6.07) is 9.27. The first-order valence-electron chi connectivity index (χ1n) is 12.8. The summed E-state index contributed by atoms with van der Waals surface area (Å²) in [5.74, 6) is -0.737. The Kier molecular flexibility index (Phi) is 11.1. The van der Waals surface area contributed by atoms with Gasteiger partial charge >= 0.3 is 0 Å². The predicted molar refractivity (Wildman–Crippen MR) is 142 cm³/mol. The second kappa shape index (κ2) is 13.8. The second-order valence-electron chi connectivity index (χ2n) is 9.64. The van der Waals surface area contributed by atoms with Crippen LogP contribution in [0, 0.1) is 0 Å². The number of Topliss-reactive ketones (excluding diaryl/α,β-unsaturated/α-hetero) is 2. The van der Waals surface area contributed by atoms with Crippen LogP contribution in [0.4, 0.5) is 0 Å². The minimum absolute atomic E-state index is 0.0238. The van der Waals surface area contributed by atoms with Gasteiger partial charge in [0.1, 0.15) is 11.5 Å². The molecule has 2 aromatic carbocycles. The Labute approximate surface area is 214 Å². The lowest BCUT2D eigenvalue weighted by Gasteiger charge is -2.20. The molecule has 0 unspecified atom stereocenters. The first kappa shape index (κ1) is 29.0. The lowest BCUT2D eigenvalue weighted by Crippen LogP contribution is -2.41. The maximum absolute atomic E-state index is 13.2. The molecule has 0 fully saturated rings. The number of carbonyl (C=O) groups excluding carboxylic acids is 3. The van der Waals surface area contributed by atoms with E-state index in [1.165, 1.54) is 19.1 Å². The first-order chi connectivity index (χ1) is 17.1. The normalized spacial score (nSPS) is 13.6. The van der Waals surface area contributed by atoms with Gasteiger partial charge in [-0.1, -0.05) is 32.9 Å². The Morgan fingerprint density at radius 2 is 1.47 bits per heavy atom. The van der Waals surface area contributed by atoms with Crippen LogP contribution in [0.2, 0.25) is 0 Å². The van der Waals surface area contributed by atoms with Crippen LogP contribution < -0.4 is 11.1 Å². The van der Waals surface area contributed by atoms with Gasteiger partial charge in [-0.2, -0.15) is 0 Å². The molecule has 0 saturated carbocycles. The molecule has 2 aromatic rings. The molecule has 0 radical (unpaired) electrons. The van der Waals surface area contributed by atoms with Crippen molar-refractivity contribution >= 4 is 17.5 Å². The molecule has 0 heterocycles. The van der Waals surface area contributed by atoms with Crippen molar-refractivity contribution in [2.75, 3.05) is 6.54 Å². The smallest absolute Gasteiger partial charge is 0.255 e. The number of phenols is 2. The fourth-order valence-corrected chi connectivity index (χ4v) is 4.16. The van der Waals surface area contributed by atoms with E-state index in [1.807, 2.05) is 13.0 Å². The number of hydrogen-bond acceptors (Lipinski definition) is 6. The summed E-state index contributed by atoms with van der Waals surface area (Å²) in [4.78, 5) is 38.0. The van der Waals surface area contributed by atoms with Gasteiger partial charge in [-0.15, -0.1) is 0 Å². The fourth-order valence-electron chi connectivity index (χ4n) is 4.16. The number of carbonyl (C=O) groups is 3. The van der Waals surface area contributed by atoms with E-state index >= 15 is 0 Å². The van der Waals surface area contributed by atoms with Gasteiger partial charge in [0.05, 0.1) is 17.2 Å². The molecule has 2 rings (SSSR count). The monoisotopic (exact) mass is 496 g/mol. The van der Waals surface area contributed by atoms with E-state index in [2.05, 4.69) is 19.2 Å². The molecule has 0 saturated heterocycles. The van der Waals surface area contributed by atoms with Crippen LogP contribution in [0.5, 0.6) is 11.5 Å². The molecule has 7 heteroatoms. The number of aromatic hydroxyl groups is 2. The van der Waals surface area contributed by atoms with Gasteiger partial charge in [0, 0.05) is 6.42 Å². The van der Waals surface area contributed by atoms with Crippen LogP contribution >= 0.6 is 0 Å². The highest BCUT2D eigenvalue weighted by Gasteiger charge is 2.24. The van der Waals surface area contributed by atoms with E-state index in [0.717, 1.165) is 24.0 Å². The summed E-state index contributed by atoms with van der Waals surface area (Å²) in [6.07, 6.45) is 3.57. The van der Waals surface area contributed by atoms with Crippen LogP contribution in [0.3, 0.4) is 0 Å². The van der Waals surface area contributed by atoms with Gasteiger partial charge in [0.15, 0.2) is 11.6 Å². The molecule has 36 heavy (non-hydrogen) atoms. The summed E-state index contributed by atoms with van der Waals surface area (Å²) < 4.78 is 0. The minimum atomic E-state index is -0.685. The number of nitrogens with one attached hydrogen (secondary N) is 1. The van der Waals surface area contributed by atoms with Gasteiger partial charge in [-0.05, 0) is 92.8 Å². The SMILES string of the molecule is CC[C@@H](C)c1ccc(O)c(C(=O)N[C@@H](CCCCN)C(=O)CC[C@@H](C)c2ccc(O)c(C(C)=O)c2)c1. The van der Waals surface area contributed by atoms with Crippen molar-refractivity contribution < 1.29 is 24.6 Å². The zero-order chi connectivity index (χ0) is 26.8. The predicted octanol–water partition coefficient (Wildman–Crippen LogP) is 5.19. The van der Waals surface area contributed by atoms with Crippen LogP contribution in [-0.4, -0.2) is 40.3 Å². The van der Waals surface area contributed by atoms with Crippen LogP contribution in [0.15, 0.2) is 36.4 Å². The summed E-state index contributed by atoms with van der Waals surface area (Å²) in [6.45, 7) is 7.98. The van der Waals surface area contributed by atoms with Gasteiger partial charge < -0.3 is 21.3 Å². The highest BCUT2D eigenvalue weighted by molar-refractivity contribution is 6.00. The summed E-state index contributed by atoms with van der Waals surface area (Å²) in [5, 5.41) is 23.0. The summed E-state index contributed by atoms with van der Waals surface area (Å²) in [7, 11) is 0. The molecule has 5 N–H and O–H groups in total. The topological polar surface area (TPSA) is 130 Å². The van der Waals surface area contributed by atoms with Crippen molar-refractivity contribution in [3.05, 3.63) is 58.7 Å². The number of unbranched alkanes of at least 4 members (excludes halogenated alkanes) is 1. The van der Waals surface area contributed by atoms with Crippen LogP contribution in [-0.2, 0) is 4.79 Å². The largest absolute Gasteiger partial charge is 0.507 e. The number of benzene rings is 2. The Morgan fingerprint density at radius 3 is 2.06 bits per heavy atom. The third-order valence-corrected chi connectivity index (χ3v) is 6.88. The van der Waals surface area contributed by atoms with E-state index in [-0.39, 0.29) is 52.4 Å². The van der Waals surface area contributed by atoms with Crippen molar-refractivity contribution in [2.24, 2.45) is 5.73 Å². The lowest BCUT2D eigenvalue weighted by molar-refractivity contribution is -0.121. The maximum atomic E-state index is 13.2. The van der Waals surface area contributed by atoms with Crippen molar-refractivity contribution in [3.63, 3.8) is 0 Å². The average Bonchev–Trinajstić information content (AvgIpc) is 2.86. The molecule has 0 aromatic heterocycles. The van der Waals surface area contributed by atoms with Crippen LogP contribution in [0.25, 0.3) is 0 Å². The fraction of sp³-hybridized carbons (Fsp3) is 0.483. The molecule has 0 spiro atoms. The van der Waals surface area contributed by atoms with Crippen molar-refractivity contribution in [1.82, 2.24) is 5.32 Å². The van der Waals surface area contributed by atoms with Crippen molar-refractivity contribution in [1.29, 1.82) is 0 Å². The minimum Gasteiger partial charge on any atom is -0.507 e. The molecule has 0 bridgehead atoms. The van der Waals surface area contributed by atoms with E-state index in [1.54, 1.807) is 18.2 Å². The number of nitrogens with two attached hydrogens (primary N) is 1. The standard InChI is InChI=1S/C29H40N2O5/c1-5-18(2)21-10-14-27(34)24(17-21)29(36)31-25(8-6-7-15-30)28(35)12-9-19(3)22-11-13-26(33)23(16-22)20(4)32/h10-11,13-14,16-19,25,33-34H,5-9,12,15,30H2,1-4H3,(H,31,36)/t18-,19-,25+/m1/s1. The third kappa shape index (κ3) is 7.92. The molecular weight excluding hydrogens is 456 g/mol. The van der Waals surface area contributed by atoms with Gasteiger partial charge in [0.25, 0.3) is 5.91 Å². The molecular formula is C29H40N2O5. The van der Waals surface area contributed by atoms with E-state index in [9.17, 15) is 24.6 Å². The van der Waals surface area contributed by atoms with E-state index in [4.69, 9.17) is 5.73 Å². The van der Waals surface area contributed by atoms with Gasteiger partial charge in [-0.25, -0.2) is 0 Å². The Morgan fingerprint density at radius 1 is 0.889 bits per heavy atom. The number of phenolic OH excluding ortho intramolecular Hbond substituents is 2. The van der Waals surface area contributed by atoms with Gasteiger partial charge in [-0.3, -0.25) is 14.4 Å². The van der Waals surface area contributed by atoms with E-state index < -0.39 is 11.9 Å². The molecule has 3 atom stereocenters. The number of hydrogen-bond donors (Lipinski definition) is 4. The average molecular weight is 497 g/mol. The molecule has 196 valence electrons. The lowest BCUT2D eigenvalue weighted by atomic mass is 9.91. The number of ketones is 2. The Balaban J connectivity index is 2.13. The van der Waals surface area contributed by atoms with Crippen LogP contribution in [0.1, 0.15) is 110 Å². The highest BCUT2D eigenvalue weighted by Crippen LogP contribution is 2.28. The van der Waals surface area contributed by atoms with E-state index in [0.29, 0.717) is 25.8 Å². The first-order valence-corrected chi connectivity index (χ1v) is 12.8. The second-order valence-corrected chi connectivity index (χ2v) is 9.64. The van der Waals surface area contributed by atoms with Crippen molar-refractivity contribution in [3.8, 4) is 11.5 Å². The Hall–Kier alpha value is -3.19. The number of rotatable bonds is 14.